The number of rotatable bonds is 3. The first-order chi connectivity index (χ1) is 14.1. The zero-order chi connectivity index (χ0) is 20.2. The van der Waals surface area contributed by atoms with Gasteiger partial charge in [-0.2, -0.15) is 0 Å². The lowest BCUT2D eigenvalue weighted by molar-refractivity contribution is -0.118. The summed E-state index contributed by atoms with van der Waals surface area (Å²) in [5.41, 5.74) is 10.9. The average molecular weight is 402 g/mol. The Morgan fingerprint density at radius 3 is 2.66 bits per heavy atom. The number of aliphatic hydroxyl groups excluding tert-OH is 1. The number of amides is 1. The molecular weight excluding hydrogens is 382 g/mol. The van der Waals surface area contributed by atoms with Crippen molar-refractivity contribution >= 4 is 34.8 Å². The Hall–Kier alpha value is -3.10. The molecule has 0 fully saturated rings. The summed E-state index contributed by atoms with van der Waals surface area (Å²) in [5.74, 6) is -0.437. The van der Waals surface area contributed by atoms with Gasteiger partial charge in [0.2, 0.25) is 5.91 Å². The number of aryl methyl sites for hydroxylation is 2. The molecule has 0 aliphatic heterocycles. The molecule has 3 aromatic rings. The van der Waals surface area contributed by atoms with Crippen molar-refractivity contribution in [3.05, 3.63) is 105 Å². The van der Waals surface area contributed by atoms with Crippen LogP contribution in [0.4, 0.5) is 5.69 Å². The van der Waals surface area contributed by atoms with Crippen LogP contribution in [0.25, 0.3) is 11.6 Å². The first-order valence-corrected chi connectivity index (χ1v) is 9.86. The summed E-state index contributed by atoms with van der Waals surface area (Å²) in [6.45, 7) is -0.541. The van der Waals surface area contributed by atoms with Crippen molar-refractivity contribution in [2.75, 3.05) is 11.9 Å². The molecule has 3 aromatic carbocycles. The number of nitrogens with one attached hydrogen (secondary N) is 1. The quantitative estimate of drug-likeness (QED) is 0.599. The maximum absolute atomic E-state index is 11.4. The summed E-state index contributed by atoms with van der Waals surface area (Å²) in [4.78, 5) is 11.4. The van der Waals surface area contributed by atoms with E-state index in [-0.39, 0.29) is 0 Å². The highest BCUT2D eigenvalue weighted by Gasteiger charge is 2.17. The second-order valence-electron chi connectivity index (χ2n) is 6.95. The largest absolute Gasteiger partial charge is 0.387 e. The topological polar surface area (TPSA) is 49.3 Å². The van der Waals surface area contributed by atoms with Crippen LogP contribution in [0.15, 0.2) is 72.5 Å². The monoisotopic (exact) mass is 401 g/mol. The number of hydrogen-bond donors (Lipinski definition) is 2. The zero-order valence-corrected chi connectivity index (χ0v) is 16.5. The third-order valence-corrected chi connectivity index (χ3v) is 5.22. The maximum Gasteiger partial charge on any atom is 0.250 e. The van der Waals surface area contributed by atoms with Crippen LogP contribution in [0.5, 0.6) is 0 Å². The molecule has 2 N–H and O–H groups in total. The second kappa shape index (κ2) is 8.50. The Bertz CT molecular complexity index is 1140. The number of carbonyl (C=O) groups excluding carboxylic acids is 1. The van der Waals surface area contributed by atoms with Gasteiger partial charge in [-0.05, 0) is 71.0 Å². The van der Waals surface area contributed by atoms with Crippen LogP contribution in [0.2, 0.25) is 5.02 Å². The molecule has 0 saturated heterocycles. The van der Waals surface area contributed by atoms with Crippen molar-refractivity contribution in [3.63, 3.8) is 0 Å². The normalized spacial score (nSPS) is 12.3. The first kappa shape index (κ1) is 19.2. The zero-order valence-electron chi connectivity index (χ0n) is 15.8. The van der Waals surface area contributed by atoms with E-state index in [0.717, 1.165) is 34.6 Å². The van der Waals surface area contributed by atoms with Crippen LogP contribution in [-0.4, -0.2) is 17.6 Å². The molecule has 0 spiro atoms. The summed E-state index contributed by atoms with van der Waals surface area (Å²) in [6, 6.07) is 21.9. The molecule has 1 amide bonds. The van der Waals surface area contributed by atoms with Gasteiger partial charge in [0, 0.05) is 16.3 Å². The van der Waals surface area contributed by atoms with E-state index in [2.05, 4.69) is 35.3 Å². The van der Waals surface area contributed by atoms with Crippen LogP contribution >= 0.6 is 11.6 Å². The minimum Gasteiger partial charge on any atom is -0.387 e. The molecule has 1 aliphatic rings. The molecule has 0 radical (unpaired) electrons. The summed E-state index contributed by atoms with van der Waals surface area (Å²) in [7, 11) is 0. The molecule has 29 heavy (non-hydrogen) atoms. The number of halogens is 1. The van der Waals surface area contributed by atoms with E-state index in [1.165, 1.54) is 16.7 Å². The summed E-state index contributed by atoms with van der Waals surface area (Å²) >= 11 is 6.24. The molecule has 0 aromatic heterocycles. The summed E-state index contributed by atoms with van der Waals surface area (Å²) in [5, 5.41) is 12.3. The van der Waals surface area contributed by atoms with Crippen molar-refractivity contribution in [3.8, 4) is 0 Å². The van der Waals surface area contributed by atoms with Gasteiger partial charge in [0.15, 0.2) is 0 Å². The van der Waals surface area contributed by atoms with Gasteiger partial charge < -0.3 is 10.4 Å². The molecule has 4 rings (SSSR count). The van der Waals surface area contributed by atoms with Crippen LogP contribution < -0.4 is 5.32 Å². The number of hydrogen-bond acceptors (Lipinski definition) is 2. The lowest BCUT2D eigenvalue weighted by Gasteiger charge is -2.09. The molecule has 0 atom stereocenters. The van der Waals surface area contributed by atoms with Gasteiger partial charge in [0.25, 0.3) is 0 Å². The number of aliphatic hydroxyl groups is 1. The Labute approximate surface area is 175 Å². The van der Waals surface area contributed by atoms with Crippen molar-refractivity contribution in [2.45, 2.75) is 12.8 Å². The van der Waals surface area contributed by atoms with E-state index >= 15 is 0 Å². The molecule has 3 nitrogen and oxygen atoms in total. The number of benzene rings is 3. The fraction of sp³-hybridized carbons (Fsp3) is 0.120. The van der Waals surface area contributed by atoms with E-state index in [9.17, 15) is 4.79 Å². The first-order valence-electron chi connectivity index (χ1n) is 9.48. The fourth-order valence-corrected chi connectivity index (χ4v) is 3.82. The summed E-state index contributed by atoms with van der Waals surface area (Å²) in [6.07, 6.45) is 3.81. The minimum atomic E-state index is -0.541. The van der Waals surface area contributed by atoms with Gasteiger partial charge in [0.1, 0.15) is 6.61 Å². The highest BCUT2D eigenvalue weighted by atomic mass is 35.5. The van der Waals surface area contributed by atoms with Gasteiger partial charge in [-0.25, -0.2) is 0 Å². The van der Waals surface area contributed by atoms with E-state index < -0.39 is 12.5 Å². The predicted octanol–water partition coefficient (Wildman–Crippen LogP) is 5.11. The third-order valence-electron chi connectivity index (χ3n) is 4.98. The summed E-state index contributed by atoms with van der Waals surface area (Å²) < 4.78 is 0. The maximum atomic E-state index is 11.4. The van der Waals surface area contributed by atoms with Crippen LogP contribution in [0.3, 0.4) is 0 Å². The van der Waals surface area contributed by atoms with Crippen LogP contribution in [0, 0.1) is 0 Å². The molecule has 4 heteroatoms. The van der Waals surface area contributed by atoms with Gasteiger partial charge >= 0.3 is 0 Å². The number of anilines is 1. The van der Waals surface area contributed by atoms with Crippen LogP contribution in [0.1, 0.15) is 27.8 Å². The van der Waals surface area contributed by atoms with Crippen LogP contribution in [-0.2, 0) is 17.6 Å². The lowest BCUT2D eigenvalue weighted by Crippen LogP contribution is -2.15. The third kappa shape index (κ3) is 4.33. The van der Waals surface area contributed by atoms with Crippen molar-refractivity contribution in [2.24, 2.45) is 0 Å². The highest BCUT2D eigenvalue weighted by Crippen LogP contribution is 2.34. The van der Waals surface area contributed by atoms with Crippen molar-refractivity contribution < 1.29 is 9.90 Å². The van der Waals surface area contributed by atoms with E-state index in [0.29, 0.717) is 5.69 Å². The number of carbonyl (C=O) groups is 1. The molecule has 0 bridgehead atoms. The Morgan fingerprint density at radius 2 is 1.79 bits per heavy atom. The van der Waals surface area contributed by atoms with E-state index in [1.807, 2.05) is 42.5 Å². The van der Waals surface area contributed by atoms with E-state index in [4.69, 9.17) is 16.7 Å². The van der Waals surface area contributed by atoms with Gasteiger partial charge in [-0.1, -0.05) is 54.1 Å². The molecular formula is C25H20ClNO2. The van der Waals surface area contributed by atoms with Gasteiger partial charge in [-0.3, -0.25) is 4.79 Å². The van der Waals surface area contributed by atoms with E-state index in [1.54, 1.807) is 6.07 Å². The second-order valence-corrected chi connectivity index (χ2v) is 7.39. The standard InChI is InChI=1S/C25H20ClNO2/c26-20-11-13-23-19(15-20)10-9-18-5-1-2-7-22(18)24(23)12-8-17-4-3-6-21(14-17)27-25(29)16-28/h1-8,11,13-15,28H,9-10,16H2,(H,27,29). The smallest absolute Gasteiger partial charge is 0.250 e. The number of fused-ring (bicyclic) bond motifs is 2. The minimum absolute atomic E-state index is 0.437. The van der Waals surface area contributed by atoms with Crippen molar-refractivity contribution in [1.29, 1.82) is 0 Å². The van der Waals surface area contributed by atoms with Gasteiger partial charge in [0.05, 0.1) is 0 Å². The molecule has 0 saturated carbocycles. The fourth-order valence-electron chi connectivity index (χ4n) is 3.63. The highest BCUT2D eigenvalue weighted by molar-refractivity contribution is 6.30. The van der Waals surface area contributed by atoms with Crippen molar-refractivity contribution in [1.82, 2.24) is 0 Å². The average Bonchev–Trinajstić information content (AvgIpc) is 2.89. The predicted molar refractivity (Wildman–Crippen MR) is 118 cm³/mol. The Morgan fingerprint density at radius 1 is 1.00 bits per heavy atom. The molecule has 0 heterocycles. The lowest BCUT2D eigenvalue weighted by atomic mass is 9.94. The Kier molecular flexibility index (Phi) is 5.64. The molecule has 144 valence electrons. The molecule has 0 unspecified atom stereocenters. The Balaban J connectivity index is 1.82. The molecule has 1 aliphatic carbocycles. The van der Waals surface area contributed by atoms with Gasteiger partial charge in [-0.15, -0.1) is 5.73 Å². The SMILES string of the molecule is O=C(CO)Nc1cccc(C=C=C2c3ccccc3CCc3cc(Cl)ccc32)c1.